The molecule has 7 aromatic rings. The van der Waals surface area contributed by atoms with Gasteiger partial charge in [-0.2, -0.15) is 0 Å². The third kappa shape index (κ3) is 9.88. The number of carbonyl (C=O) groups is 2. The molecule has 0 N–H and O–H groups in total. The first-order valence-corrected chi connectivity index (χ1v) is 19.4. The molecule has 10 heteroatoms. The summed E-state index contributed by atoms with van der Waals surface area (Å²) in [7, 11) is 1.43. The Bertz CT molecular complexity index is 2730. The molecule has 0 fully saturated rings. The number of halogens is 2. The maximum absolute atomic E-state index is 15.3. The van der Waals surface area contributed by atoms with Crippen molar-refractivity contribution in [3.05, 3.63) is 179 Å². The Kier molecular flexibility index (Phi) is 12.2. The minimum Gasteiger partial charge on any atom is -0.494 e. The van der Waals surface area contributed by atoms with Crippen LogP contribution in [0.5, 0.6) is 46.0 Å². The van der Waals surface area contributed by atoms with Crippen LogP contribution in [-0.4, -0.2) is 19.2 Å². The Morgan fingerprint density at radius 3 is 1.34 bits per heavy atom. The van der Waals surface area contributed by atoms with E-state index in [4.69, 9.17) is 28.4 Å². The van der Waals surface area contributed by atoms with Gasteiger partial charge in [0.15, 0.2) is 23.1 Å². The first kappa shape index (κ1) is 41.7. The van der Waals surface area contributed by atoms with Crippen LogP contribution in [0.15, 0.2) is 146 Å². The van der Waals surface area contributed by atoms with Crippen molar-refractivity contribution < 1.29 is 46.8 Å². The minimum atomic E-state index is -1.07. The van der Waals surface area contributed by atoms with E-state index in [1.54, 1.807) is 78.9 Å². The average molecular weight is 821 g/mol. The SMILES string of the molecule is COc1ccc(-c2ccc(Oc3cccc(Oc4ccc(-c5ccc(OC(=O)Oc6ccc(C(C)(C)c7ccc(OC(C)=O)c(C)c7)cc6C)c(F)c5)cc4)c3)cc2)cc1F. The van der Waals surface area contributed by atoms with Gasteiger partial charge in [0, 0.05) is 18.4 Å². The highest BCUT2D eigenvalue weighted by Gasteiger charge is 2.25. The van der Waals surface area contributed by atoms with E-state index in [1.165, 1.54) is 32.2 Å². The summed E-state index contributed by atoms with van der Waals surface area (Å²) < 4.78 is 62.6. The second-order valence-electron chi connectivity index (χ2n) is 14.9. The van der Waals surface area contributed by atoms with Gasteiger partial charge in [-0.1, -0.05) is 80.6 Å². The zero-order valence-electron chi connectivity index (χ0n) is 34.4. The Hall–Kier alpha value is -7.46. The smallest absolute Gasteiger partial charge is 0.494 e. The number of benzene rings is 7. The molecular formula is C51H42F2O8. The second-order valence-corrected chi connectivity index (χ2v) is 14.9. The lowest BCUT2D eigenvalue weighted by Crippen LogP contribution is -2.20. The number of aryl methyl sites for hydroxylation is 2. The maximum atomic E-state index is 15.3. The molecule has 7 rings (SSSR count). The predicted molar refractivity (Wildman–Crippen MR) is 229 cm³/mol. The van der Waals surface area contributed by atoms with E-state index in [2.05, 4.69) is 13.8 Å². The van der Waals surface area contributed by atoms with Gasteiger partial charge < -0.3 is 28.4 Å². The highest BCUT2D eigenvalue weighted by molar-refractivity contribution is 5.71. The van der Waals surface area contributed by atoms with Crippen molar-refractivity contribution in [2.75, 3.05) is 7.11 Å². The molecule has 0 spiro atoms. The number of hydrogen-bond donors (Lipinski definition) is 0. The zero-order chi connectivity index (χ0) is 43.3. The fourth-order valence-electron chi connectivity index (χ4n) is 6.74. The van der Waals surface area contributed by atoms with Gasteiger partial charge in [0.25, 0.3) is 0 Å². The van der Waals surface area contributed by atoms with Crippen molar-refractivity contribution in [3.63, 3.8) is 0 Å². The summed E-state index contributed by atoms with van der Waals surface area (Å²) in [5.41, 5.74) is 5.90. The standard InChI is InChI=1S/C51H42F2O8/c1-31-26-38(16-24-46(31)57-33(3)54)51(4,5)39-17-25-47(32(2)27-39)60-50(55)61-49-23-15-37(29-45(49)53)35-12-20-41(21-13-35)59-43-9-7-8-42(30-43)58-40-18-10-34(11-19-40)36-14-22-48(56-6)44(52)28-36/h7-30H,1-6H3. The minimum absolute atomic E-state index is 0.187. The first-order chi connectivity index (χ1) is 29.2. The van der Waals surface area contributed by atoms with Crippen molar-refractivity contribution >= 4 is 12.1 Å². The van der Waals surface area contributed by atoms with Crippen LogP contribution in [0.2, 0.25) is 0 Å². The van der Waals surface area contributed by atoms with Crippen LogP contribution in [0.4, 0.5) is 13.6 Å². The zero-order valence-corrected chi connectivity index (χ0v) is 34.4. The van der Waals surface area contributed by atoms with E-state index in [1.807, 2.05) is 62.4 Å². The van der Waals surface area contributed by atoms with Gasteiger partial charge in [-0.05, 0) is 131 Å². The molecule has 0 aromatic heterocycles. The van der Waals surface area contributed by atoms with Crippen molar-refractivity contribution in [3.8, 4) is 68.2 Å². The van der Waals surface area contributed by atoms with E-state index >= 15 is 4.39 Å². The lowest BCUT2D eigenvalue weighted by Gasteiger charge is -2.27. The molecular weight excluding hydrogens is 779 g/mol. The van der Waals surface area contributed by atoms with Crippen LogP contribution in [0, 0.1) is 25.5 Å². The molecule has 7 aromatic carbocycles. The normalized spacial score (nSPS) is 11.1. The Morgan fingerprint density at radius 1 is 0.475 bits per heavy atom. The number of hydrogen-bond acceptors (Lipinski definition) is 8. The topological polar surface area (TPSA) is 89.5 Å². The molecule has 308 valence electrons. The van der Waals surface area contributed by atoms with Crippen LogP contribution in [-0.2, 0) is 10.2 Å². The lowest BCUT2D eigenvalue weighted by atomic mass is 9.77. The highest BCUT2D eigenvalue weighted by atomic mass is 19.1. The molecule has 0 aliphatic carbocycles. The van der Waals surface area contributed by atoms with E-state index in [0.29, 0.717) is 45.4 Å². The van der Waals surface area contributed by atoms with Gasteiger partial charge in [0.2, 0.25) is 0 Å². The number of carbonyl (C=O) groups excluding carboxylic acids is 2. The van der Waals surface area contributed by atoms with Crippen LogP contribution >= 0.6 is 0 Å². The molecule has 0 amide bonds. The van der Waals surface area contributed by atoms with Gasteiger partial charge in [0.1, 0.15) is 34.5 Å². The Labute approximate surface area is 352 Å². The molecule has 0 aliphatic heterocycles. The summed E-state index contributed by atoms with van der Waals surface area (Å²) in [5, 5.41) is 0. The molecule has 0 bridgehead atoms. The summed E-state index contributed by atoms with van der Waals surface area (Å²) in [6.07, 6.45) is -1.07. The maximum Gasteiger partial charge on any atom is 0.519 e. The number of ether oxygens (including phenoxy) is 6. The summed E-state index contributed by atoms with van der Waals surface area (Å²) in [6, 6.07) is 41.9. The number of esters is 1. The highest BCUT2D eigenvalue weighted by Crippen LogP contribution is 2.37. The van der Waals surface area contributed by atoms with Gasteiger partial charge >= 0.3 is 12.1 Å². The molecule has 0 saturated heterocycles. The van der Waals surface area contributed by atoms with Crippen molar-refractivity contribution in [1.29, 1.82) is 0 Å². The molecule has 8 nitrogen and oxygen atoms in total. The van der Waals surface area contributed by atoms with Gasteiger partial charge in [0.05, 0.1) is 7.11 Å². The Balaban J connectivity index is 0.939. The fourth-order valence-corrected chi connectivity index (χ4v) is 6.74. The molecule has 61 heavy (non-hydrogen) atoms. The van der Waals surface area contributed by atoms with E-state index < -0.39 is 23.2 Å². The number of rotatable bonds is 12. The monoisotopic (exact) mass is 820 g/mol. The van der Waals surface area contributed by atoms with Gasteiger partial charge in [-0.25, -0.2) is 13.6 Å². The quantitative estimate of drug-likeness (QED) is 0.0684. The van der Waals surface area contributed by atoms with E-state index in [-0.39, 0.29) is 23.2 Å². The van der Waals surface area contributed by atoms with Crippen LogP contribution < -0.4 is 28.4 Å². The summed E-state index contributed by atoms with van der Waals surface area (Å²) in [4.78, 5) is 24.2. The van der Waals surface area contributed by atoms with Gasteiger partial charge in [-0.15, -0.1) is 0 Å². The summed E-state index contributed by atoms with van der Waals surface area (Å²) >= 11 is 0. The van der Waals surface area contributed by atoms with Gasteiger partial charge in [-0.3, -0.25) is 4.79 Å². The van der Waals surface area contributed by atoms with Crippen LogP contribution in [0.25, 0.3) is 22.3 Å². The third-order valence-corrected chi connectivity index (χ3v) is 10.2. The van der Waals surface area contributed by atoms with Crippen LogP contribution in [0.1, 0.15) is 43.0 Å². The third-order valence-electron chi connectivity index (χ3n) is 10.2. The molecule has 0 heterocycles. The first-order valence-electron chi connectivity index (χ1n) is 19.4. The van der Waals surface area contributed by atoms with Crippen molar-refractivity contribution in [2.45, 2.75) is 40.0 Å². The van der Waals surface area contributed by atoms with E-state index in [9.17, 15) is 14.0 Å². The lowest BCUT2D eigenvalue weighted by molar-refractivity contribution is -0.131. The van der Waals surface area contributed by atoms with Crippen LogP contribution in [0.3, 0.4) is 0 Å². The summed E-state index contributed by atoms with van der Waals surface area (Å²) in [6.45, 7) is 9.20. The molecule has 0 unspecified atom stereocenters. The largest absolute Gasteiger partial charge is 0.519 e. The molecule has 0 atom stereocenters. The second kappa shape index (κ2) is 17.8. The van der Waals surface area contributed by atoms with Crippen molar-refractivity contribution in [2.24, 2.45) is 0 Å². The predicted octanol–water partition coefficient (Wildman–Crippen LogP) is 13.3. The molecule has 0 saturated carbocycles. The molecule has 0 radical (unpaired) electrons. The fraction of sp³-hybridized carbons (Fsp3) is 0.137. The number of methoxy groups -OCH3 is 1. The molecule has 0 aliphatic rings. The Morgan fingerprint density at radius 2 is 0.902 bits per heavy atom. The summed E-state index contributed by atoms with van der Waals surface area (Å²) in [5.74, 6) is 1.40. The average Bonchev–Trinajstić information content (AvgIpc) is 3.23. The van der Waals surface area contributed by atoms with E-state index in [0.717, 1.165) is 27.8 Å². The van der Waals surface area contributed by atoms with Crippen molar-refractivity contribution in [1.82, 2.24) is 0 Å².